The minimum absolute atomic E-state index is 0.0146. The molecule has 1 unspecified atom stereocenters. The number of hydrogen-bond acceptors (Lipinski definition) is 6. The van der Waals surface area contributed by atoms with E-state index in [1.54, 1.807) is 16.9 Å². The molecule has 0 spiro atoms. The number of aromatic nitrogens is 5. The number of tetrazole rings is 1. The molecular weight excluding hydrogens is 206 g/mol. The van der Waals surface area contributed by atoms with Gasteiger partial charge in [-0.3, -0.25) is 4.98 Å². The number of nitrogens with one attached hydrogen (secondary N) is 1. The summed E-state index contributed by atoms with van der Waals surface area (Å²) in [7, 11) is 0. The highest BCUT2D eigenvalue weighted by Crippen LogP contribution is 2.16. The summed E-state index contributed by atoms with van der Waals surface area (Å²) in [4.78, 5) is 4.06. The number of anilines is 1. The predicted octanol–water partition coefficient (Wildman–Crippen LogP) is 0.0570. The van der Waals surface area contributed by atoms with Crippen molar-refractivity contribution in [2.75, 3.05) is 5.32 Å². The van der Waals surface area contributed by atoms with Crippen LogP contribution in [0.2, 0.25) is 0 Å². The smallest absolute Gasteiger partial charge is 0.199 e. The first kappa shape index (κ1) is 10.7. The van der Waals surface area contributed by atoms with Gasteiger partial charge in [0, 0.05) is 11.6 Å². The maximum atomic E-state index is 5.89. The average molecular weight is 221 g/mol. The largest absolute Gasteiger partial charge is 0.362 e. The second-order valence-electron chi connectivity index (χ2n) is 4.38. The minimum Gasteiger partial charge on any atom is -0.362 e. The van der Waals surface area contributed by atoms with Crippen molar-refractivity contribution in [3.63, 3.8) is 0 Å². The van der Waals surface area contributed by atoms with E-state index in [0.717, 1.165) is 5.82 Å². The van der Waals surface area contributed by atoms with Crippen LogP contribution in [0.15, 0.2) is 12.4 Å². The Morgan fingerprint density at radius 1 is 1.44 bits per heavy atom. The Balaban J connectivity index is 2.37. The van der Waals surface area contributed by atoms with E-state index in [-0.39, 0.29) is 11.6 Å². The van der Waals surface area contributed by atoms with Gasteiger partial charge in [-0.05, 0) is 31.2 Å². The zero-order valence-corrected chi connectivity index (χ0v) is 9.55. The molecule has 2 heterocycles. The maximum absolute atomic E-state index is 5.89. The second kappa shape index (κ2) is 3.67. The van der Waals surface area contributed by atoms with Crippen molar-refractivity contribution in [2.24, 2.45) is 5.73 Å². The first-order valence-electron chi connectivity index (χ1n) is 5.06. The number of nitrogens with zero attached hydrogens (tertiary/aromatic N) is 5. The van der Waals surface area contributed by atoms with Gasteiger partial charge in [0.25, 0.3) is 0 Å². The standard InChI is InChI=1S/C9H15N7/c1-6(10)9(2,3)12-7-4-11-5-8-13-14-15-16(7)8/h4-6,12H,10H2,1-3H3. The van der Waals surface area contributed by atoms with Crippen LogP contribution >= 0.6 is 0 Å². The quantitative estimate of drug-likeness (QED) is 0.761. The highest BCUT2D eigenvalue weighted by Gasteiger charge is 2.23. The Hall–Kier alpha value is -1.76. The van der Waals surface area contributed by atoms with Gasteiger partial charge in [-0.15, -0.1) is 5.10 Å². The van der Waals surface area contributed by atoms with Crippen LogP contribution in [0.5, 0.6) is 0 Å². The molecule has 3 N–H and O–H groups in total. The fourth-order valence-corrected chi connectivity index (χ4v) is 1.20. The number of hydrogen-bond donors (Lipinski definition) is 2. The molecule has 0 aliphatic rings. The predicted molar refractivity (Wildman–Crippen MR) is 59.9 cm³/mol. The summed E-state index contributed by atoms with van der Waals surface area (Å²) in [6.45, 7) is 5.97. The zero-order valence-electron chi connectivity index (χ0n) is 9.55. The lowest BCUT2D eigenvalue weighted by atomic mass is 9.97. The van der Waals surface area contributed by atoms with E-state index in [1.165, 1.54) is 0 Å². The molecule has 2 aromatic rings. The molecule has 0 amide bonds. The molecule has 0 bridgehead atoms. The van der Waals surface area contributed by atoms with Gasteiger partial charge in [0.2, 0.25) is 0 Å². The molecule has 86 valence electrons. The van der Waals surface area contributed by atoms with Crippen molar-refractivity contribution >= 4 is 11.5 Å². The van der Waals surface area contributed by atoms with Crippen LogP contribution in [0.3, 0.4) is 0 Å². The van der Waals surface area contributed by atoms with Gasteiger partial charge in [-0.2, -0.15) is 4.52 Å². The van der Waals surface area contributed by atoms with Gasteiger partial charge >= 0.3 is 0 Å². The average Bonchev–Trinajstić information content (AvgIpc) is 2.65. The van der Waals surface area contributed by atoms with Crippen LogP contribution in [0.1, 0.15) is 20.8 Å². The molecule has 0 aromatic carbocycles. The van der Waals surface area contributed by atoms with Crippen molar-refractivity contribution in [2.45, 2.75) is 32.4 Å². The van der Waals surface area contributed by atoms with Crippen LogP contribution in [0.25, 0.3) is 5.65 Å². The van der Waals surface area contributed by atoms with Crippen LogP contribution in [-0.4, -0.2) is 36.6 Å². The third-order valence-corrected chi connectivity index (χ3v) is 2.70. The maximum Gasteiger partial charge on any atom is 0.199 e. The monoisotopic (exact) mass is 221 g/mol. The molecule has 2 rings (SSSR count). The van der Waals surface area contributed by atoms with E-state index in [0.29, 0.717) is 5.65 Å². The van der Waals surface area contributed by atoms with E-state index in [1.807, 2.05) is 20.8 Å². The summed E-state index contributed by atoms with van der Waals surface area (Å²) in [5.41, 5.74) is 6.23. The Morgan fingerprint density at radius 2 is 2.19 bits per heavy atom. The Morgan fingerprint density at radius 3 is 2.88 bits per heavy atom. The molecule has 0 aliphatic heterocycles. The first-order valence-corrected chi connectivity index (χ1v) is 5.06. The Kier molecular flexibility index (Phi) is 2.47. The molecule has 0 radical (unpaired) electrons. The molecule has 1 atom stereocenters. The van der Waals surface area contributed by atoms with Gasteiger partial charge in [-0.25, -0.2) is 0 Å². The van der Waals surface area contributed by atoms with Gasteiger partial charge in [0.1, 0.15) is 0 Å². The van der Waals surface area contributed by atoms with Gasteiger partial charge < -0.3 is 11.1 Å². The summed E-state index contributed by atoms with van der Waals surface area (Å²) in [5.74, 6) is 0.727. The summed E-state index contributed by atoms with van der Waals surface area (Å²) < 4.78 is 1.59. The lowest BCUT2D eigenvalue weighted by Crippen LogP contribution is -2.47. The topological polar surface area (TPSA) is 94.0 Å². The van der Waals surface area contributed by atoms with Gasteiger partial charge in [0.15, 0.2) is 11.5 Å². The van der Waals surface area contributed by atoms with Crippen LogP contribution in [0.4, 0.5) is 5.82 Å². The third-order valence-electron chi connectivity index (χ3n) is 2.70. The van der Waals surface area contributed by atoms with E-state index in [9.17, 15) is 0 Å². The molecular formula is C9H15N7. The Labute approximate surface area is 93.0 Å². The minimum atomic E-state index is -0.262. The fourth-order valence-electron chi connectivity index (χ4n) is 1.20. The second-order valence-corrected chi connectivity index (χ2v) is 4.38. The molecule has 2 aromatic heterocycles. The number of rotatable bonds is 3. The highest BCUT2D eigenvalue weighted by atomic mass is 15.5. The molecule has 7 nitrogen and oxygen atoms in total. The SMILES string of the molecule is CC(N)C(C)(C)Nc1cncc2nnnn12. The van der Waals surface area contributed by atoms with E-state index >= 15 is 0 Å². The molecule has 7 heteroatoms. The van der Waals surface area contributed by atoms with Crippen molar-refractivity contribution in [1.29, 1.82) is 0 Å². The lowest BCUT2D eigenvalue weighted by molar-refractivity contribution is 0.467. The molecule has 16 heavy (non-hydrogen) atoms. The third kappa shape index (κ3) is 1.81. The highest BCUT2D eigenvalue weighted by molar-refractivity contribution is 5.45. The van der Waals surface area contributed by atoms with E-state index < -0.39 is 0 Å². The van der Waals surface area contributed by atoms with E-state index in [2.05, 4.69) is 25.8 Å². The molecule has 0 fully saturated rings. The van der Waals surface area contributed by atoms with Crippen LogP contribution in [0, 0.1) is 0 Å². The molecule has 0 aliphatic carbocycles. The number of fused-ring (bicyclic) bond motifs is 1. The van der Waals surface area contributed by atoms with E-state index in [4.69, 9.17) is 5.73 Å². The summed E-state index contributed by atoms with van der Waals surface area (Å²) >= 11 is 0. The number of nitrogens with two attached hydrogens (primary N) is 1. The van der Waals surface area contributed by atoms with Gasteiger partial charge in [0.05, 0.1) is 12.4 Å². The summed E-state index contributed by atoms with van der Waals surface area (Å²) in [6, 6.07) is -0.0146. The first-order chi connectivity index (χ1) is 7.50. The lowest BCUT2D eigenvalue weighted by Gasteiger charge is -2.31. The fraction of sp³-hybridized carbons (Fsp3) is 0.556. The van der Waals surface area contributed by atoms with Crippen molar-refractivity contribution in [3.05, 3.63) is 12.4 Å². The Bertz CT molecular complexity index is 487. The van der Waals surface area contributed by atoms with Crippen molar-refractivity contribution < 1.29 is 0 Å². The molecule has 0 saturated heterocycles. The summed E-state index contributed by atoms with van der Waals surface area (Å²) in [5, 5.41) is 14.6. The van der Waals surface area contributed by atoms with Gasteiger partial charge in [-0.1, -0.05) is 0 Å². The summed E-state index contributed by atoms with van der Waals surface area (Å²) in [6.07, 6.45) is 3.28. The molecule has 0 saturated carbocycles. The van der Waals surface area contributed by atoms with Crippen molar-refractivity contribution in [3.8, 4) is 0 Å². The van der Waals surface area contributed by atoms with Crippen LogP contribution < -0.4 is 11.1 Å². The van der Waals surface area contributed by atoms with Crippen LogP contribution in [-0.2, 0) is 0 Å². The van der Waals surface area contributed by atoms with Crippen molar-refractivity contribution in [1.82, 2.24) is 25.0 Å². The normalized spacial score (nSPS) is 14.0. The zero-order chi connectivity index (χ0) is 11.8.